The summed E-state index contributed by atoms with van der Waals surface area (Å²) in [4.78, 5) is 25.9. The number of likely N-dealkylation sites (tertiary alicyclic amines) is 1. The summed E-state index contributed by atoms with van der Waals surface area (Å²) < 4.78 is 1.59. The van der Waals surface area contributed by atoms with Crippen molar-refractivity contribution >= 4 is 23.2 Å². The average Bonchev–Trinajstić information content (AvgIpc) is 3.19. The maximum atomic E-state index is 12.3. The van der Waals surface area contributed by atoms with E-state index in [1.807, 2.05) is 17.5 Å². The van der Waals surface area contributed by atoms with Crippen LogP contribution in [0.2, 0.25) is 0 Å². The van der Waals surface area contributed by atoms with Crippen LogP contribution in [-0.4, -0.2) is 49.5 Å². The van der Waals surface area contributed by atoms with E-state index in [0.29, 0.717) is 25.9 Å². The van der Waals surface area contributed by atoms with Crippen molar-refractivity contribution in [3.05, 3.63) is 34.3 Å². The third kappa shape index (κ3) is 2.80. The Kier molecular flexibility index (Phi) is 3.70. The summed E-state index contributed by atoms with van der Waals surface area (Å²) in [6.07, 6.45) is 2.76. The number of aromatic nitrogens is 3. The Morgan fingerprint density at radius 1 is 1.48 bits per heavy atom. The standard InChI is InChI=1S/C13H14N4O3S/c18-12(17-5-1-4-11(17)13(19)20)10-8-16(15-14-10)7-9-3-2-6-21-9/h2-3,6,8,11H,1,4-5,7H2,(H,19,20)/t11-/m1/s1. The number of rotatable bonds is 4. The van der Waals surface area contributed by atoms with Gasteiger partial charge in [-0.05, 0) is 24.3 Å². The first kappa shape index (κ1) is 13.7. The molecule has 0 saturated carbocycles. The molecule has 2 aromatic heterocycles. The number of hydrogen-bond donors (Lipinski definition) is 1. The van der Waals surface area contributed by atoms with Crippen LogP contribution in [0.15, 0.2) is 23.7 Å². The van der Waals surface area contributed by atoms with E-state index in [1.165, 1.54) is 4.90 Å². The van der Waals surface area contributed by atoms with Crippen LogP contribution < -0.4 is 0 Å². The second-order valence-electron chi connectivity index (χ2n) is 4.88. The number of aliphatic carboxylic acids is 1. The minimum atomic E-state index is -0.966. The zero-order chi connectivity index (χ0) is 14.8. The Labute approximate surface area is 124 Å². The Morgan fingerprint density at radius 2 is 2.33 bits per heavy atom. The van der Waals surface area contributed by atoms with E-state index >= 15 is 0 Å². The highest BCUT2D eigenvalue weighted by Crippen LogP contribution is 2.19. The fourth-order valence-corrected chi connectivity index (χ4v) is 3.15. The van der Waals surface area contributed by atoms with Crippen LogP contribution in [-0.2, 0) is 11.3 Å². The topological polar surface area (TPSA) is 88.3 Å². The summed E-state index contributed by atoms with van der Waals surface area (Å²) in [5.74, 6) is -1.33. The highest BCUT2D eigenvalue weighted by Gasteiger charge is 2.35. The molecule has 3 heterocycles. The third-order valence-electron chi connectivity index (χ3n) is 3.45. The molecular weight excluding hydrogens is 292 g/mol. The van der Waals surface area contributed by atoms with Gasteiger partial charge in [0.05, 0.1) is 12.7 Å². The number of thiophene rings is 1. The van der Waals surface area contributed by atoms with Crippen molar-refractivity contribution in [3.8, 4) is 0 Å². The van der Waals surface area contributed by atoms with Gasteiger partial charge in [0.25, 0.3) is 5.91 Å². The van der Waals surface area contributed by atoms with Crippen molar-refractivity contribution in [3.63, 3.8) is 0 Å². The monoisotopic (exact) mass is 306 g/mol. The van der Waals surface area contributed by atoms with E-state index < -0.39 is 12.0 Å². The number of amides is 1. The highest BCUT2D eigenvalue weighted by atomic mass is 32.1. The number of carbonyl (C=O) groups is 2. The van der Waals surface area contributed by atoms with Gasteiger partial charge in [-0.2, -0.15) is 0 Å². The van der Waals surface area contributed by atoms with Gasteiger partial charge in [-0.1, -0.05) is 11.3 Å². The van der Waals surface area contributed by atoms with Gasteiger partial charge >= 0.3 is 5.97 Å². The molecule has 1 aliphatic heterocycles. The van der Waals surface area contributed by atoms with Gasteiger partial charge in [-0.3, -0.25) is 4.79 Å². The molecule has 1 fully saturated rings. The fourth-order valence-electron chi connectivity index (χ4n) is 2.45. The predicted molar refractivity (Wildman–Crippen MR) is 75.1 cm³/mol. The third-order valence-corrected chi connectivity index (χ3v) is 4.32. The number of nitrogens with zero attached hydrogens (tertiary/aromatic N) is 4. The van der Waals surface area contributed by atoms with Crippen molar-refractivity contribution in [2.24, 2.45) is 0 Å². The molecule has 8 heteroatoms. The van der Waals surface area contributed by atoms with Crippen molar-refractivity contribution in [1.82, 2.24) is 19.9 Å². The zero-order valence-corrected chi connectivity index (χ0v) is 12.0. The first-order valence-corrected chi connectivity index (χ1v) is 7.49. The summed E-state index contributed by atoms with van der Waals surface area (Å²) in [7, 11) is 0. The minimum absolute atomic E-state index is 0.194. The van der Waals surface area contributed by atoms with E-state index in [-0.39, 0.29) is 11.6 Å². The van der Waals surface area contributed by atoms with Crippen LogP contribution in [0.3, 0.4) is 0 Å². The van der Waals surface area contributed by atoms with Gasteiger partial charge in [-0.15, -0.1) is 16.4 Å². The van der Waals surface area contributed by atoms with Crippen LogP contribution in [0.1, 0.15) is 28.2 Å². The summed E-state index contributed by atoms with van der Waals surface area (Å²) in [6, 6.07) is 3.18. The molecule has 21 heavy (non-hydrogen) atoms. The molecule has 1 amide bonds. The molecule has 0 radical (unpaired) electrons. The lowest BCUT2D eigenvalue weighted by molar-refractivity contribution is -0.141. The van der Waals surface area contributed by atoms with Crippen molar-refractivity contribution in [2.75, 3.05) is 6.54 Å². The maximum Gasteiger partial charge on any atom is 0.326 e. The smallest absolute Gasteiger partial charge is 0.326 e. The first-order valence-electron chi connectivity index (χ1n) is 6.61. The molecule has 0 aromatic carbocycles. The van der Waals surface area contributed by atoms with Crippen molar-refractivity contribution in [2.45, 2.75) is 25.4 Å². The lowest BCUT2D eigenvalue weighted by atomic mass is 10.2. The molecule has 110 valence electrons. The summed E-state index contributed by atoms with van der Waals surface area (Å²) in [6.45, 7) is 1.01. The summed E-state index contributed by atoms with van der Waals surface area (Å²) in [5, 5.41) is 18.9. The van der Waals surface area contributed by atoms with Crippen molar-refractivity contribution in [1.29, 1.82) is 0 Å². The quantitative estimate of drug-likeness (QED) is 0.913. The van der Waals surface area contributed by atoms with E-state index in [1.54, 1.807) is 22.2 Å². The molecule has 1 aliphatic rings. The second-order valence-corrected chi connectivity index (χ2v) is 5.91. The molecule has 1 saturated heterocycles. The highest BCUT2D eigenvalue weighted by molar-refractivity contribution is 7.09. The fraction of sp³-hybridized carbons (Fsp3) is 0.385. The summed E-state index contributed by atoms with van der Waals surface area (Å²) >= 11 is 1.60. The Bertz CT molecular complexity index is 652. The molecule has 3 rings (SSSR count). The molecule has 7 nitrogen and oxygen atoms in total. The average molecular weight is 306 g/mol. The normalized spacial score (nSPS) is 18.1. The molecular formula is C13H14N4O3S. The summed E-state index contributed by atoms with van der Waals surface area (Å²) in [5.41, 5.74) is 0.194. The Morgan fingerprint density at radius 3 is 3.05 bits per heavy atom. The van der Waals surface area contributed by atoms with Crippen LogP contribution in [0.5, 0.6) is 0 Å². The SMILES string of the molecule is O=C(O)[C@H]1CCCN1C(=O)c1cn(Cc2cccs2)nn1. The van der Waals surface area contributed by atoms with Crippen LogP contribution in [0, 0.1) is 0 Å². The molecule has 1 atom stereocenters. The van der Waals surface area contributed by atoms with E-state index in [0.717, 1.165) is 4.88 Å². The number of carbonyl (C=O) groups excluding carboxylic acids is 1. The van der Waals surface area contributed by atoms with Gasteiger partial charge in [0.1, 0.15) is 6.04 Å². The molecule has 0 unspecified atom stereocenters. The Balaban J connectivity index is 1.73. The molecule has 0 bridgehead atoms. The van der Waals surface area contributed by atoms with Crippen LogP contribution in [0.4, 0.5) is 0 Å². The van der Waals surface area contributed by atoms with Crippen LogP contribution >= 0.6 is 11.3 Å². The van der Waals surface area contributed by atoms with Gasteiger partial charge in [0.2, 0.25) is 0 Å². The number of hydrogen-bond acceptors (Lipinski definition) is 5. The molecule has 0 spiro atoms. The zero-order valence-electron chi connectivity index (χ0n) is 11.2. The van der Waals surface area contributed by atoms with Crippen molar-refractivity contribution < 1.29 is 14.7 Å². The first-order chi connectivity index (χ1) is 10.1. The van der Waals surface area contributed by atoms with Gasteiger partial charge in [0, 0.05) is 11.4 Å². The maximum absolute atomic E-state index is 12.3. The number of carboxylic acid groups (broad SMARTS) is 1. The van der Waals surface area contributed by atoms with E-state index in [9.17, 15) is 9.59 Å². The van der Waals surface area contributed by atoms with Crippen LogP contribution in [0.25, 0.3) is 0 Å². The largest absolute Gasteiger partial charge is 0.480 e. The number of carboxylic acids is 1. The van der Waals surface area contributed by atoms with E-state index in [2.05, 4.69) is 10.3 Å². The van der Waals surface area contributed by atoms with Gasteiger partial charge in [0.15, 0.2) is 5.69 Å². The molecule has 0 aliphatic carbocycles. The lowest BCUT2D eigenvalue weighted by Crippen LogP contribution is -2.40. The van der Waals surface area contributed by atoms with E-state index in [4.69, 9.17) is 5.11 Å². The minimum Gasteiger partial charge on any atom is -0.480 e. The Hall–Kier alpha value is -2.22. The van der Waals surface area contributed by atoms with Gasteiger partial charge < -0.3 is 10.0 Å². The predicted octanol–water partition coefficient (Wildman–Crippen LogP) is 1.08. The lowest BCUT2D eigenvalue weighted by Gasteiger charge is -2.19. The van der Waals surface area contributed by atoms with Gasteiger partial charge in [-0.25, -0.2) is 9.48 Å². The molecule has 2 aromatic rings. The second kappa shape index (κ2) is 5.65. The molecule has 1 N–H and O–H groups in total.